The van der Waals surface area contributed by atoms with E-state index in [9.17, 15) is 4.79 Å². The van der Waals surface area contributed by atoms with Gasteiger partial charge in [0.15, 0.2) is 5.76 Å². The van der Waals surface area contributed by atoms with Crippen LogP contribution in [0.15, 0.2) is 46.9 Å². The molecule has 1 fully saturated rings. The zero-order chi connectivity index (χ0) is 20.4. The molecule has 6 nitrogen and oxygen atoms in total. The van der Waals surface area contributed by atoms with Crippen LogP contribution in [0.2, 0.25) is 0 Å². The number of fused-ring (bicyclic) bond motifs is 1. The summed E-state index contributed by atoms with van der Waals surface area (Å²) in [5, 5.41) is 0.914. The van der Waals surface area contributed by atoms with Gasteiger partial charge < -0.3 is 23.7 Å². The summed E-state index contributed by atoms with van der Waals surface area (Å²) in [6.45, 7) is 7.32. The molecule has 0 atom stereocenters. The van der Waals surface area contributed by atoms with Gasteiger partial charge in [0.1, 0.15) is 17.1 Å². The lowest BCUT2D eigenvalue weighted by molar-refractivity contribution is 0.0716. The van der Waals surface area contributed by atoms with Gasteiger partial charge in [0.2, 0.25) is 0 Å². The van der Waals surface area contributed by atoms with Gasteiger partial charge in [-0.1, -0.05) is 12.1 Å². The average Bonchev–Trinajstić information content (AvgIpc) is 3.10. The predicted octanol–water partition coefficient (Wildman–Crippen LogP) is 4.11. The van der Waals surface area contributed by atoms with Crippen molar-refractivity contribution in [3.8, 4) is 11.5 Å². The van der Waals surface area contributed by atoms with E-state index in [-0.39, 0.29) is 5.91 Å². The van der Waals surface area contributed by atoms with Crippen LogP contribution in [-0.4, -0.2) is 50.7 Å². The van der Waals surface area contributed by atoms with Gasteiger partial charge in [-0.3, -0.25) is 4.79 Å². The number of aryl methyl sites for hydroxylation is 1. The lowest BCUT2D eigenvalue weighted by atomic mass is 10.1. The molecule has 1 saturated heterocycles. The maximum absolute atomic E-state index is 13.1. The molecule has 0 unspecified atom stereocenters. The SMILES string of the molecule is CCOc1ccccc1N1CCN(C(=O)c2oc3ccc(OC)cc3c2C)CC1. The number of para-hydroxylation sites is 2. The molecule has 4 rings (SSSR count). The van der Waals surface area contributed by atoms with Crippen molar-refractivity contribution in [2.75, 3.05) is 44.8 Å². The Kier molecular flexibility index (Phi) is 5.34. The number of hydrogen-bond donors (Lipinski definition) is 0. The van der Waals surface area contributed by atoms with E-state index in [4.69, 9.17) is 13.9 Å². The van der Waals surface area contributed by atoms with Gasteiger partial charge >= 0.3 is 0 Å². The molecule has 3 aromatic rings. The highest BCUT2D eigenvalue weighted by Gasteiger charge is 2.27. The Bertz CT molecular complexity index is 1020. The van der Waals surface area contributed by atoms with Gasteiger partial charge in [-0.05, 0) is 44.2 Å². The molecule has 0 radical (unpaired) electrons. The highest BCUT2D eigenvalue weighted by molar-refractivity contribution is 5.99. The summed E-state index contributed by atoms with van der Waals surface area (Å²) >= 11 is 0. The summed E-state index contributed by atoms with van der Waals surface area (Å²) in [4.78, 5) is 17.2. The van der Waals surface area contributed by atoms with Gasteiger partial charge in [0.25, 0.3) is 5.91 Å². The van der Waals surface area contributed by atoms with Crippen molar-refractivity contribution in [3.05, 3.63) is 53.8 Å². The normalized spacial score (nSPS) is 14.3. The third kappa shape index (κ3) is 3.62. The van der Waals surface area contributed by atoms with E-state index in [1.165, 1.54) is 0 Å². The molecule has 0 spiro atoms. The number of carbonyl (C=O) groups is 1. The first-order valence-electron chi connectivity index (χ1n) is 9.95. The molecule has 1 aromatic heterocycles. The minimum atomic E-state index is -0.0598. The quantitative estimate of drug-likeness (QED) is 0.652. The number of nitrogens with zero attached hydrogens (tertiary/aromatic N) is 2. The van der Waals surface area contributed by atoms with Crippen LogP contribution in [0.4, 0.5) is 5.69 Å². The predicted molar refractivity (Wildman–Crippen MR) is 113 cm³/mol. The Labute approximate surface area is 170 Å². The largest absolute Gasteiger partial charge is 0.497 e. The number of anilines is 1. The lowest BCUT2D eigenvalue weighted by Gasteiger charge is -2.36. The molecule has 1 aliphatic rings. The number of piperazine rings is 1. The fraction of sp³-hybridized carbons (Fsp3) is 0.348. The Morgan fingerprint density at radius 1 is 1.10 bits per heavy atom. The maximum Gasteiger partial charge on any atom is 0.290 e. The van der Waals surface area contributed by atoms with Crippen LogP contribution in [0.5, 0.6) is 11.5 Å². The molecule has 152 valence electrons. The molecule has 0 bridgehead atoms. The molecule has 2 heterocycles. The van der Waals surface area contributed by atoms with Gasteiger partial charge in [0.05, 0.1) is 19.4 Å². The van der Waals surface area contributed by atoms with E-state index in [0.29, 0.717) is 31.0 Å². The number of furan rings is 1. The number of amides is 1. The zero-order valence-electron chi connectivity index (χ0n) is 17.1. The first kappa shape index (κ1) is 19.2. The van der Waals surface area contributed by atoms with Gasteiger partial charge in [-0.25, -0.2) is 0 Å². The van der Waals surface area contributed by atoms with Crippen molar-refractivity contribution in [3.63, 3.8) is 0 Å². The van der Waals surface area contributed by atoms with E-state index in [0.717, 1.165) is 41.2 Å². The molecule has 0 N–H and O–H groups in total. The fourth-order valence-corrected chi connectivity index (χ4v) is 3.82. The average molecular weight is 394 g/mol. The van der Waals surface area contributed by atoms with Crippen molar-refractivity contribution >= 4 is 22.6 Å². The maximum atomic E-state index is 13.1. The van der Waals surface area contributed by atoms with Gasteiger partial charge in [-0.2, -0.15) is 0 Å². The Morgan fingerprint density at radius 2 is 1.86 bits per heavy atom. The molecule has 2 aromatic carbocycles. The Balaban J connectivity index is 1.50. The standard InChI is InChI=1S/C23H26N2O4/c1-4-28-21-8-6-5-7-19(21)24-11-13-25(14-12-24)23(26)22-16(2)18-15-17(27-3)9-10-20(18)29-22/h5-10,15H,4,11-14H2,1-3H3. The number of ether oxygens (including phenoxy) is 2. The molecule has 0 aliphatic carbocycles. The number of rotatable bonds is 5. The van der Waals surface area contributed by atoms with Crippen molar-refractivity contribution in [1.82, 2.24) is 4.90 Å². The van der Waals surface area contributed by atoms with Crippen LogP contribution >= 0.6 is 0 Å². The molecule has 1 amide bonds. The van der Waals surface area contributed by atoms with Crippen LogP contribution in [0, 0.1) is 6.92 Å². The molecular formula is C23H26N2O4. The third-order valence-electron chi connectivity index (χ3n) is 5.41. The number of benzene rings is 2. The summed E-state index contributed by atoms with van der Waals surface area (Å²) in [5.74, 6) is 1.99. The lowest BCUT2D eigenvalue weighted by Crippen LogP contribution is -2.49. The summed E-state index contributed by atoms with van der Waals surface area (Å²) < 4.78 is 16.9. The zero-order valence-corrected chi connectivity index (χ0v) is 17.1. The van der Waals surface area contributed by atoms with Crippen LogP contribution in [0.3, 0.4) is 0 Å². The second-order valence-electron chi connectivity index (χ2n) is 7.10. The van der Waals surface area contributed by atoms with Gasteiger partial charge in [-0.15, -0.1) is 0 Å². The highest BCUT2D eigenvalue weighted by atomic mass is 16.5. The molecule has 6 heteroatoms. The van der Waals surface area contributed by atoms with Crippen molar-refractivity contribution < 1.29 is 18.7 Å². The number of carbonyl (C=O) groups excluding carboxylic acids is 1. The Morgan fingerprint density at radius 3 is 2.59 bits per heavy atom. The fourth-order valence-electron chi connectivity index (χ4n) is 3.82. The first-order valence-corrected chi connectivity index (χ1v) is 9.95. The van der Waals surface area contributed by atoms with E-state index < -0.39 is 0 Å². The molecule has 0 saturated carbocycles. The number of methoxy groups -OCH3 is 1. The summed E-state index contributed by atoms with van der Waals surface area (Å²) in [6.07, 6.45) is 0. The summed E-state index contributed by atoms with van der Waals surface area (Å²) in [7, 11) is 1.63. The van der Waals surface area contributed by atoms with Crippen LogP contribution in [0.1, 0.15) is 23.0 Å². The van der Waals surface area contributed by atoms with E-state index >= 15 is 0 Å². The molecule has 1 aliphatic heterocycles. The minimum Gasteiger partial charge on any atom is -0.497 e. The molecule has 29 heavy (non-hydrogen) atoms. The van der Waals surface area contributed by atoms with E-state index in [2.05, 4.69) is 11.0 Å². The summed E-state index contributed by atoms with van der Waals surface area (Å²) in [6, 6.07) is 13.7. The second-order valence-corrected chi connectivity index (χ2v) is 7.10. The third-order valence-corrected chi connectivity index (χ3v) is 5.41. The minimum absolute atomic E-state index is 0.0598. The smallest absolute Gasteiger partial charge is 0.290 e. The van der Waals surface area contributed by atoms with Crippen molar-refractivity contribution in [1.29, 1.82) is 0 Å². The van der Waals surface area contributed by atoms with Crippen LogP contribution in [-0.2, 0) is 0 Å². The first-order chi connectivity index (χ1) is 14.1. The highest BCUT2D eigenvalue weighted by Crippen LogP contribution is 2.31. The Hall–Kier alpha value is -3.15. The van der Waals surface area contributed by atoms with Crippen LogP contribution in [0.25, 0.3) is 11.0 Å². The molecular weight excluding hydrogens is 368 g/mol. The number of hydrogen-bond acceptors (Lipinski definition) is 5. The monoisotopic (exact) mass is 394 g/mol. The van der Waals surface area contributed by atoms with Gasteiger partial charge in [0, 0.05) is 37.1 Å². The van der Waals surface area contributed by atoms with Crippen molar-refractivity contribution in [2.24, 2.45) is 0 Å². The topological polar surface area (TPSA) is 55.2 Å². The van der Waals surface area contributed by atoms with Crippen LogP contribution < -0.4 is 14.4 Å². The van der Waals surface area contributed by atoms with E-state index in [1.54, 1.807) is 7.11 Å². The second kappa shape index (κ2) is 8.07. The van der Waals surface area contributed by atoms with E-state index in [1.807, 2.05) is 55.1 Å². The summed E-state index contributed by atoms with van der Waals surface area (Å²) in [5.41, 5.74) is 2.64. The van der Waals surface area contributed by atoms with Crippen molar-refractivity contribution in [2.45, 2.75) is 13.8 Å².